The predicted molar refractivity (Wildman–Crippen MR) is 56.9 cm³/mol. The van der Waals surface area contributed by atoms with Gasteiger partial charge in [0, 0.05) is 24.2 Å². The summed E-state index contributed by atoms with van der Waals surface area (Å²) >= 11 is 0. The van der Waals surface area contributed by atoms with Crippen molar-refractivity contribution in [1.29, 1.82) is 0 Å². The molecule has 0 aliphatic carbocycles. The average molecular weight is 212 g/mol. The van der Waals surface area contributed by atoms with E-state index in [2.05, 4.69) is 15.1 Å². The molecule has 0 N–H and O–H groups in total. The maximum absolute atomic E-state index is 5.18. The first-order valence-corrected chi connectivity index (χ1v) is 4.78. The Balaban J connectivity index is 1.97. The van der Waals surface area contributed by atoms with E-state index < -0.39 is 0 Å². The molecule has 16 heavy (non-hydrogen) atoms. The second-order valence-electron chi connectivity index (χ2n) is 3.22. The molecule has 0 aliphatic heterocycles. The molecule has 3 heterocycles. The van der Waals surface area contributed by atoms with E-state index in [1.165, 1.54) is 6.39 Å². The van der Waals surface area contributed by atoms with Crippen LogP contribution in [-0.2, 0) is 0 Å². The van der Waals surface area contributed by atoms with Crippen molar-refractivity contribution in [3.05, 3.63) is 49.4 Å². The van der Waals surface area contributed by atoms with Crippen LogP contribution in [-0.4, -0.2) is 19.7 Å². The van der Waals surface area contributed by atoms with Crippen molar-refractivity contribution in [3.8, 4) is 17.1 Å². The lowest BCUT2D eigenvalue weighted by Gasteiger charge is -2.00. The first-order valence-electron chi connectivity index (χ1n) is 4.78. The number of nitrogens with zero attached hydrogens (tertiary/aromatic N) is 4. The summed E-state index contributed by atoms with van der Waals surface area (Å²) in [5, 5.41) is 4.10. The van der Waals surface area contributed by atoms with E-state index in [0.29, 0.717) is 5.76 Å². The van der Waals surface area contributed by atoms with Crippen molar-refractivity contribution in [2.45, 2.75) is 0 Å². The van der Waals surface area contributed by atoms with Gasteiger partial charge in [-0.25, -0.2) is 14.6 Å². The van der Waals surface area contributed by atoms with Crippen molar-refractivity contribution >= 4 is 0 Å². The van der Waals surface area contributed by atoms with Crippen molar-refractivity contribution in [1.82, 2.24) is 19.7 Å². The molecule has 3 rings (SSSR count). The van der Waals surface area contributed by atoms with Crippen molar-refractivity contribution in [3.63, 3.8) is 0 Å². The second kappa shape index (κ2) is 3.62. The zero-order valence-corrected chi connectivity index (χ0v) is 8.32. The van der Waals surface area contributed by atoms with E-state index in [0.717, 1.165) is 11.4 Å². The molecule has 3 aromatic heterocycles. The summed E-state index contributed by atoms with van der Waals surface area (Å²) in [7, 11) is 0. The first-order chi connectivity index (χ1) is 7.93. The van der Waals surface area contributed by atoms with Gasteiger partial charge in [-0.3, -0.25) is 0 Å². The zero-order chi connectivity index (χ0) is 10.8. The van der Waals surface area contributed by atoms with Crippen LogP contribution >= 0.6 is 0 Å². The van der Waals surface area contributed by atoms with Gasteiger partial charge in [-0.1, -0.05) is 0 Å². The summed E-state index contributed by atoms with van der Waals surface area (Å²) < 4.78 is 6.88. The molecule has 0 unspecified atom stereocenters. The summed E-state index contributed by atoms with van der Waals surface area (Å²) in [4.78, 5) is 8.15. The molecule has 5 nitrogen and oxygen atoms in total. The Labute approximate surface area is 91.4 Å². The standard InChI is InChI=1S/C11H8N4O/c1-4-14-15(5-1)11-3-2-9(6-13-11)10-7-12-8-16-10/h1-8H. The van der Waals surface area contributed by atoms with Crippen LogP contribution in [0, 0.1) is 0 Å². The summed E-state index contributed by atoms with van der Waals surface area (Å²) in [5.41, 5.74) is 0.897. The van der Waals surface area contributed by atoms with Crippen molar-refractivity contribution in [2.75, 3.05) is 0 Å². The van der Waals surface area contributed by atoms with Gasteiger partial charge in [-0.15, -0.1) is 0 Å². The van der Waals surface area contributed by atoms with Crippen LogP contribution in [0.3, 0.4) is 0 Å². The van der Waals surface area contributed by atoms with E-state index in [9.17, 15) is 0 Å². The molecule has 0 saturated carbocycles. The van der Waals surface area contributed by atoms with Crippen molar-refractivity contribution in [2.24, 2.45) is 0 Å². The van der Waals surface area contributed by atoms with Crippen molar-refractivity contribution < 1.29 is 4.42 Å². The minimum absolute atomic E-state index is 0.708. The van der Waals surface area contributed by atoms with Crippen LogP contribution in [0.1, 0.15) is 0 Å². The molecule has 0 fully saturated rings. The lowest BCUT2D eigenvalue weighted by Crippen LogP contribution is -1.96. The van der Waals surface area contributed by atoms with E-state index in [4.69, 9.17) is 4.42 Å². The Bertz CT molecular complexity index is 501. The minimum Gasteiger partial charge on any atom is -0.443 e. The van der Waals surface area contributed by atoms with Crippen LogP contribution in [0.5, 0.6) is 0 Å². The van der Waals surface area contributed by atoms with Crippen LogP contribution in [0.15, 0.2) is 53.8 Å². The van der Waals surface area contributed by atoms with E-state index in [1.54, 1.807) is 23.3 Å². The largest absolute Gasteiger partial charge is 0.443 e. The SMILES string of the molecule is c1cnn(-c2ccc(-c3cnco3)cn2)c1. The first kappa shape index (κ1) is 8.84. The van der Waals surface area contributed by atoms with E-state index in [-0.39, 0.29) is 0 Å². The van der Waals surface area contributed by atoms with Gasteiger partial charge >= 0.3 is 0 Å². The highest BCUT2D eigenvalue weighted by atomic mass is 16.3. The summed E-state index contributed by atoms with van der Waals surface area (Å²) in [6, 6.07) is 5.65. The molecule has 0 aromatic carbocycles. The number of pyridine rings is 1. The molecular weight excluding hydrogens is 204 g/mol. The fourth-order valence-electron chi connectivity index (χ4n) is 1.43. The molecule has 0 bridgehead atoms. The molecule has 78 valence electrons. The highest BCUT2D eigenvalue weighted by Gasteiger charge is 2.02. The lowest BCUT2D eigenvalue weighted by molar-refractivity contribution is 0.571. The van der Waals surface area contributed by atoms with Crippen LogP contribution in [0.4, 0.5) is 0 Å². The van der Waals surface area contributed by atoms with E-state index in [1.807, 2.05) is 24.4 Å². The molecule has 5 heteroatoms. The number of hydrogen-bond acceptors (Lipinski definition) is 4. The molecule has 0 spiro atoms. The summed E-state index contributed by atoms with van der Waals surface area (Å²) in [6.07, 6.45) is 8.35. The van der Waals surface area contributed by atoms with E-state index >= 15 is 0 Å². The Hall–Kier alpha value is -2.43. The maximum Gasteiger partial charge on any atom is 0.181 e. The van der Waals surface area contributed by atoms with Gasteiger partial charge in [0.15, 0.2) is 18.0 Å². The van der Waals surface area contributed by atoms with Crippen LogP contribution in [0.2, 0.25) is 0 Å². The van der Waals surface area contributed by atoms with Gasteiger partial charge in [-0.05, 0) is 18.2 Å². The maximum atomic E-state index is 5.18. The van der Waals surface area contributed by atoms with Gasteiger partial charge in [0.05, 0.1) is 6.20 Å². The smallest absolute Gasteiger partial charge is 0.181 e. The number of aromatic nitrogens is 4. The van der Waals surface area contributed by atoms with Crippen LogP contribution in [0.25, 0.3) is 17.1 Å². The molecule has 0 radical (unpaired) electrons. The fraction of sp³-hybridized carbons (Fsp3) is 0. The minimum atomic E-state index is 0.708. The monoisotopic (exact) mass is 212 g/mol. The third kappa shape index (κ3) is 1.48. The molecule has 0 atom stereocenters. The molecule has 3 aromatic rings. The molecule has 0 saturated heterocycles. The van der Waals surface area contributed by atoms with Gasteiger partial charge in [-0.2, -0.15) is 5.10 Å². The Morgan fingerprint density at radius 1 is 1.19 bits per heavy atom. The number of oxazole rings is 1. The molecule has 0 aliphatic rings. The predicted octanol–water partition coefficient (Wildman–Crippen LogP) is 1.92. The highest BCUT2D eigenvalue weighted by Crippen LogP contribution is 2.17. The topological polar surface area (TPSA) is 56.7 Å². The van der Waals surface area contributed by atoms with Crippen LogP contribution < -0.4 is 0 Å². The Morgan fingerprint density at radius 3 is 2.81 bits per heavy atom. The van der Waals surface area contributed by atoms with Gasteiger partial charge < -0.3 is 4.42 Å². The third-order valence-electron chi connectivity index (χ3n) is 2.20. The number of rotatable bonds is 2. The average Bonchev–Trinajstić information content (AvgIpc) is 3.03. The normalized spacial score (nSPS) is 10.5. The Kier molecular flexibility index (Phi) is 2.00. The fourth-order valence-corrected chi connectivity index (χ4v) is 1.43. The lowest BCUT2D eigenvalue weighted by atomic mass is 10.2. The Morgan fingerprint density at radius 2 is 2.19 bits per heavy atom. The molecular formula is C11H8N4O. The third-order valence-corrected chi connectivity index (χ3v) is 2.20. The quantitative estimate of drug-likeness (QED) is 0.651. The summed E-state index contributed by atoms with van der Waals surface area (Å²) in [6.45, 7) is 0. The van der Waals surface area contributed by atoms with Gasteiger partial charge in [0.1, 0.15) is 0 Å². The van der Waals surface area contributed by atoms with Gasteiger partial charge in [0.2, 0.25) is 0 Å². The summed E-state index contributed by atoms with van der Waals surface area (Å²) in [5.74, 6) is 1.48. The molecule has 0 amide bonds. The van der Waals surface area contributed by atoms with Gasteiger partial charge in [0.25, 0.3) is 0 Å². The zero-order valence-electron chi connectivity index (χ0n) is 8.32. The second-order valence-corrected chi connectivity index (χ2v) is 3.22. The highest BCUT2D eigenvalue weighted by molar-refractivity contribution is 5.55. The number of hydrogen-bond donors (Lipinski definition) is 0.